The highest BCUT2D eigenvalue weighted by molar-refractivity contribution is 7.98. The molecule has 0 fully saturated rings. The van der Waals surface area contributed by atoms with Crippen LogP contribution >= 0.6 is 34.7 Å². The zero-order chi connectivity index (χ0) is 19.2. The van der Waals surface area contributed by atoms with Gasteiger partial charge in [-0.3, -0.25) is 9.59 Å². The number of thiophene rings is 1. The van der Waals surface area contributed by atoms with Gasteiger partial charge in [0, 0.05) is 34.5 Å². The van der Waals surface area contributed by atoms with E-state index < -0.39 is 0 Å². The molecule has 8 heteroatoms. The summed E-state index contributed by atoms with van der Waals surface area (Å²) in [5, 5.41) is 8.07. The average Bonchev–Trinajstić information content (AvgIpc) is 3.10. The molecule has 0 saturated heterocycles. The number of amides is 2. The molecule has 138 valence electrons. The van der Waals surface area contributed by atoms with Crippen molar-refractivity contribution in [3.05, 3.63) is 69.5 Å². The van der Waals surface area contributed by atoms with Crippen molar-refractivity contribution >= 4 is 58.0 Å². The fourth-order valence-corrected chi connectivity index (χ4v) is 4.38. The molecule has 2 aromatic heterocycles. The van der Waals surface area contributed by atoms with Crippen molar-refractivity contribution in [1.82, 2.24) is 4.98 Å². The summed E-state index contributed by atoms with van der Waals surface area (Å²) >= 11 is 8.83. The van der Waals surface area contributed by atoms with E-state index in [2.05, 4.69) is 15.6 Å². The Morgan fingerprint density at radius 2 is 1.93 bits per heavy atom. The van der Waals surface area contributed by atoms with E-state index in [9.17, 15) is 9.59 Å². The highest BCUT2D eigenvalue weighted by Gasteiger charge is 2.14. The minimum Gasteiger partial charge on any atom is -0.321 e. The SMILES string of the molecule is CC(=O)Nc1cc(CSc2ccsc2C(=O)Nc2ccc(Cl)cc2)ccn1. The van der Waals surface area contributed by atoms with Crippen molar-refractivity contribution in [2.45, 2.75) is 17.6 Å². The summed E-state index contributed by atoms with van der Waals surface area (Å²) in [7, 11) is 0. The largest absolute Gasteiger partial charge is 0.321 e. The molecule has 0 aliphatic heterocycles. The van der Waals surface area contributed by atoms with Gasteiger partial charge in [-0.25, -0.2) is 4.98 Å². The Balaban J connectivity index is 1.65. The maximum Gasteiger partial charge on any atom is 0.266 e. The zero-order valence-corrected chi connectivity index (χ0v) is 16.8. The molecule has 0 atom stereocenters. The van der Waals surface area contributed by atoms with Crippen LogP contribution in [-0.2, 0) is 10.5 Å². The van der Waals surface area contributed by atoms with Crippen molar-refractivity contribution in [2.24, 2.45) is 0 Å². The van der Waals surface area contributed by atoms with Gasteiger partial charge in [-0.1, -0.05) is 11.6 Å². The molecule has 3 aromatic rings. The van der Waals surface area contributed by atoms with Crippen LogP contribution in [0, 0.1) is 0 Å². The molecule has 0 radical (unpaired) electrons. The lowest BCUT2D eigenvalue weighted by molar-refractivity contribution is -0.114. The summed E-state index contributed by atoms with van der Waals surface area (Å²) in [6, 6.07) is 12.6. The number of pyridine rings is 1. The highest BCUT2D eigenvalue weighted by Crippen LogP contribution is 2.31. The summed E-state index contributed by atoms with van der Waals surface area (Å²) < 4.78 is 0. The van der Waals surface area contributed by atoms with Crippen LogP contribution in [0.1, 0.15) is 22.2 Å². The number of rotatable bonds is 6. The molecule has 0 bridgehead atoms. The van der Waals surface area contributed by atoms with Crippen molar-refractivity contribution < 1.29 is 9.59 Å². The highest BCUT2D eigenvalue weighted by atomic mass is 35.5. The maximum absolute atomic E-state index is 12.6. The van der Waals surface area contributed by atoms with Gasteiger partial charge in [0.1, 0.15) is 10.7 Å². The Labute approximate surface area is 170 Å². The fourth-order valence-electron chi connectivity index (χ4n) is 2.27. The normalized spacial score (nSPS) is 10.4. The third kappa shape index (κ3) is 5.56. The van der Waals surface area contributed by atoms with E-state index in [-0.39, 0.29) is 11.8 Å². The molecule has 5 nitrogen and oxygen atoms in total. The maximum atomic E-state index is 12.6. The topological polar surface area (TPSA) is 71.1 Å². The zero-order valence-electron chi connectivity index (χ0n) is 14.4. The smallest absolute Gasteiger partial charge is 0.266 e. The molecule has 2 heterocycles. The van der Waals surface area contributed by atoms with E-state index >= 15 is 0 Å². The van der Waals surface area contributed by atoms with Crippen LogP contribution in [-0.4, -0.2) is 16.8 Å². The van der Waals surface area contributed by atoms with Crippen molar-refractivity contribution in [3.8, 4) is 0 Å². The van der Waals surface area contributed by atoms with Crippen LogP contribution in [0.3, 0.4) is 0 Å². The molecule has 3 rings (SSSR count). The quantitative estimate of drug-likeness (QED) is 0.534. The van der Waals surface area contributed by atoms with Crippen molar-refractivity contribution in [3.63, 3.8) is 0 Å². The Kier molecular flexibility index (Phi) is 6.49. The van der Waals surface area contributed by atoms with E-state index in [1.807, 2.05) is 23.6 Å². The number of hydrogen-bond donors (Lipinski definition) is 2. The minimum absolute atomic E-state index is 0.150. The van der Waals surface area contributed by atoms with Crippen LogP contribution in [0.2, 0.25) is 5.02 Å². The molecule has 0 spiro atoms. The third-order valence-corrected chi connectivity index (χ3v) is 5.88. The Morgan fingerprint density at radius 1 is 1.15 bits per heavy atom. The van der Waals surface area contributed by atoms with Gasteiger partial charge in [0.25, 0.3) is 5.91 Å². The van der Waals surface area contributed by atoms with Gasteiger partial charge in [-0.15, -0.1) is 23.1 Å². The number of hydrogen-bond acceptors (Lipinski definition) is 5. The number of nitrogens with one attached hydrogen (secondary N) is 2. The van der Waals surface area contributed by atoms with Gasteiger partial charge in [0.15, 0.2) is 0 Å². The van der Waals surface area contributed by atoms with Crippen LogP contribution < -0.4 is 10.6 Å². The Hall–Kier alpha value is -2.35. The van der Waals surface area contributed by atoms with Crippen LogP contribution in [0.15, 0.2) is 58.9 Å². The van der Waals surface area contributed by atoms with E-state index in [0.29, 0.717) is 27.2 Å². The van der Waals surface area contributed by atoms with Gasteiger partial charge >= 0.3 is 0 Å². The molecule has 0 aliphatic carbocycles. The van der Waals surface area contributed by atoms with Crippen molar-refractivity contribution in [1.29, 1.82) is 0 Å². The van der Waals surface area contributed by atoms with E-state index in [0.717, 1.165) is 10.5 Å². The summed E-state index contributed by atoms with van der Waals surface area (Å²) in [5.74, 6) is 0.869. The number of carbonyl (C=O) groups is 2. The minimum atomic E-state index is -0.161. The number of anilines is 2. The molecular formula is C19H16ClN3O2S2. The van der Waals surface area contributed by atoms with Crippen LogP contribution in [0.5, 0.6) is 0 Å². The third-order valence-electron chi connectivity index (χ3n) is 3.46. The Morgan fingerprint density at radius 3 is 2.67 bits per heavy atom. The second-order valence-corrected chi connectivity index (χ2v) is 7.96. The summed E-state index contributed by atoms with van der Waals surface area (Å²) in [4.78, 5) is 29.4. The number of benzene rings is 1. The second-order valence-electron chi connectivity index (χ2n) is 5.59. The summed E-state index contributed by atoms with van der Waals surface area (Å²) in [6.07, 6.45) is 1.66. The molecule has 0 aliphatic rings. The van der Waals surface area contributed by atoms with E-state index in [4.69, 9.17) is 11.6 Å². The first-order valence-corrected chi connectivity index (χ1v) is 10.3. The van der Waals surface area contributed by atoms with Crippen LogP contribution in [0.4, 0.5) is 11.5 Å². The number of aromatic nitrogens is 1. The number of thioether (sulfide) groups is 1. The predicted molar refractivity (Wildman–Crippen MR) is 112 cm³/mol. The fraction of sp³-hybridized carbons (Fsp3) is 0.105. The van der Waals surface area contributed by atoms with E-state index in [1.54, 1.807) is 42.2 Å². The van der Waals surface area contributed by atoms with Gasteiger partial charge < -0.3 is 10.6 Å². The van der Waals surface area contributed by atoms with Crippen molar-refractivity contribution in [2.75, 3.05) is 10.6 Å². The molecular weight excluding hydrogens is 402 g/mol. The first-order valence-electron chi connectivity index (χ1n) is 8.01. The monoisotopic (exact) mass is 417 g/mol. The Bertz CT molecular complexity index is 958. The lowest BCUT2D eigenvalue weighted by Crippen LogP contribution is -2.11. The van der Waals surface area contributed by atoms with Gasteiger partial charge in [-0.05, 0) is 53.4 Å². The molecule has 1 aromatic carbocycles. The lowest BCUT2D eigenvalue weighted by atomic mass is 10.3. The van der Waals surface area contributed by atoms with E-state index in [1.165, 1.54) is 18.3 Å². The molecule has 0 saturated carbocycles. The molecule has 27 heavy (non-hydrogen) atoms. The number of halogens is 1. The molecule has 2 N–H and O–H groups in total. The van der Waals surface area contributed by atoms with Gasteiger partial charge in [-0.2, -0.15) is 0 Å². The van der Waals surface area contributed by atoms with Gasteiger partial charge in [0.05, 0.1) is 0 Å². The number of carbonyl (C=O) groups excluding carboxylic acids is 2. The van der Waals surface area contributed by atoms with Gasteiger partial charge in [0.2, 0.25) is 5.91 Å². The first-order chi connectivity index (χ1) is 13.0. The molecule has 0 unspecified atom stereocenters. The molecule has 2 amide bonds. The number of nitrogens with zero attached hydrogens (tertiary/aromatic N) is 1. The second kappa shape index (κ2) is 9.03. The standard InChI is InChI=1S/C19H16ClN3O2S2/c1-12(24)22-17-10-13(6-8-21-17)11-27-16-7-9-26-18(16)19(25)23-15-4-2-14(20)3-5-15/h2-10H,11H2,1H3,(H,23,25)(H,21,22,24). The lowest BCUT2D eigenvalue weighted by Gasteiger charge is -2.07. The van der Waals surface area contributed by atoms with Crippen LogP contribution in [0.25, 0.3) is 0 Å². The average molecular weight is 418 g/mol. The predicted octanol–water partition coefficient (Wildman–Crippen LogP) is 5.30. The summed E-state index contributed by atoms with van der Waals surface area (Å²) in [5.41, 5.74) is 1.71. The summed E-state index contributed by atoms with van der Waals surface area (Å²) in [6.45, 7) is 1.44. The first kappa shape index (κ1) is 19.4.